The number of ketones is 2. The third kappa shape index (κ3) is 20.5. The smallest absolute Gasteiger partial charge is 0.311 e. The quantitative estimate of drug-likeness (QED) is 0.104. The second kappa shape index (κ2) is 36.5. The van der Waals surface area contributed by atoms with Gasteiger partial charge in [0.25, 0.3) is 0 Å². The highest BCUT2D eigenvalue weighted by molar-refractivity contribution is 5.84. The van der Waals surface area contributed by atoms with E-state index in [0.29, 0.717) is 12.8 Å². The lowest BCUT2D eigenvalue weighted by Gasteiger charge is -2.50. The van der Waals surface area contributed by atoms with Gasteiger partial charge in [-0.15, -0.1) is 0 Å². The van der Waals surface area contributed by atoms with E-state index < -0.39 is 209 Å². The van der Waals surface area contributed by atoms with Gasteiger partial charge in [-0.3, -0.25) is 19.2 Å². The van der Waals surface area contributed by atoms with Crippen LogP contribution in [-0.2, 0) is 80.8 Å². The number of likely N-dealkylation sites (N-methyl/N-ethyl adjacent to an activating group) is 2. The van der Waals surface area contributed by atoms with Crippen molar-refractivity contribution in [3.63, 3.8) is 0 Å². The van der Waals surface area contributed by atoms with E-state index in [0.717, 1.165) is 0 Å². The van der Waals surface area contributed by atoms with Gasteiger partial charge >= 0.3 is 11.9 Å². The fourth-order valence-electron chi connectivity index (χ4n) is 17.0. The molecule has 6 aliphatic rings. The first-order chi connectivity index (χ1) is 47.4. The summed E-state index contributed by atoms with van der Waals surface area (Å²) in [6.07, 6.45) is -18.4. The number of Topliss-reactive ketones (excluding diaryl/α,β-unsaturated/α-hetero) is 2. The third-order valence-electron chi connectivity index (χ3n) is 24.1. The zero-order chi connectivity index (χ0) is 78.6. The molecule has 9 N–H and O–H groups in total. The lowest BCUT2D eigenvalue weighted by molar-refractivity contribution is -0.319. The Morgan fingerprint density at radius 2 is 0.767 bits per heavy atom. The van der Waals surface area contributed by atoms with E-state index in [1.54, 1.807) is 90.0 Å². The number of esters is 2. The SMILES string of the molecule is CC[C@H]1OC(=O)[C@H](C)[C@@H](O[C@H]2C[C@@](C)(OC)[C@@H](O)[C@H](C)O2)C(C)[C@@H](O[C@@H]2O[C@H](C)C[C@H](N(C)C)[C@H]2O)[C@](C)(OC)C[C@@H](C)C(=O)[C@H](C)[C@@H](O)[C@]1(C)O.CC[C@H]1OC(=O)[C@H](C)[C@@H](O[C@H]2C[C@@](C)(OC)[C@@H](O)[C@H](C)O2)[C@H](C)[C@@H](O[C@@H]2O[C@H](C)C[C@H](N(C)C)[C@H]2O)[C@](C)(O)C[C@@H](C)C(=O)[C@H](C)[C@@H](O)[C@]1(C)O. The first kappa shape index (κ1) is 91.0. The second-order valence-electron chi connectivity index (χ2n) is 33.1. The highest BCUT2D eigenvalue weighted by Crippen LogP contribution is 2.45. The molecule has 0 aromatic heterocycles. The van der Waals surface area contributed by atoms with Crippen molar-refractivity contribution in [2.75, 3.05) is 49.5 Å². The van der Waals surface area contributed by atoms with Crippen molar-refractivity contribution in [3.8, 4) is 0 Å². The standard InChI is InChI=1S/C38H69NO13.C37H67NO13/c1-15-26-38(10,45)31(42)21(4)28(40)19(2)17-37(9,47-14)33(52-35-29(41)25(39(11)12)16-20(3)48-35)22(5)30(23(6)34(44)50-26)51-27-18-36(8,46-13)32(43)24(7)49-27;1-14-25-37(10,45)30(41)20(4)27(39)18(2)16-35(8,44)32(51-34-28(40)24(38(11)12)15-19(3)47-34)21(5)29(22(6)33(43)49-25)50-26-17-36(9,46-13)31(42)23(7)48-26/h19-27,29-33,35,41-43,45H,15-18H2,1-14H3;18-26,28-32,34,40-42,44-45H,14-17H2,1-13H3/t19-,20-,21+,22?,23-,24+,25+,26-,27+,29-,30+,31-,32+,33-,35+,36-,37-,38-;18-,19-,20+,21+,22-,23+,24+,25-,26+,28-,29+,30-,31+,32-,34+,35-,36-,37-/m11/s1. The molecular weight excluding hydrogens is 1340 g/mol. The van der Waals surface area contributed by atoms with Gasteiger partial charge in [0.05, 0.1) is 95.3 Å². The number of hydrogen-bond donors (Lipinski definition) is 9. The Hall–Kier alpha value is -2.60. The Kier molecular flexibility index (Phi) is 32.2. The average Bonchev–Trinajstić information content (AvgIpc) is 0.785. The van der Waals surface area contributed by atoms with E-state index >= 15 is 0 Å². The number of aliphatic hydroxyl groups excluding tert-OH is 6. The van der Waals surface area contributed by atoms with Crippen LogP contribution in [0.4, 0.5) is 0 Å². The monoisotopic (exact) mass is 1480 g/mol. The summed E-state index contributed by atoms with van der Waals surface area (Å²) < 4.78 is 80.9. The number of aliphatic hydroxyl groups is 9. The van der Waals surface area contributed by atoms with Crippen molar-refractivity contribution in [1.29, 1.82) is 0 Å². The molecule has 6 aliphatic heterocycles. The number of methoxy groups -OCH3 is 3. The zero-order valence-corrected chi connectivity index (χ0v) is 66.8. The molecule has 0 aromatic rings. The summed E-state index contributed by atoms with van der Waals surface area (Å²) in [6.45, 7) is 33.4. The predicted molar refractivity (Wildman–Crippen MR) is 377 cm³/mol. The minimum absolute atomic E-state index is 0.0936. The minimum atomic E-state index is -1.99. The summed E-state index contributed by atoms with van der Waals surface area (Å²) in [6, 6.07) is -0.607. The molecular formula is C75H136N2O26. The maximum Gasteiger partial charge on any atom is 0.311 e. The van der Waals surface area contributed by atoms with Crippen LogP contribution in [0.1, 0.15) is 190 Å². The lowest BCUT2D eigenvalue weighted by atomic mass is 9.74. The predicted octanol–water partition coefficient (Wildman–Crippen LogP) is 4.23. The molecule has 6 saturated heterocycles. The van der Waals surface area contributed by atoms with Crippen LogP contribution in [0.5, 0.6) is 0 Å². The van der Waals surface area contributed by atoms with E-state index in [4.69, 9.17) is 61.6 Å². The number of hydrogen-bond acceptors (Lipinski definition) is 28. The number of cyclic esters (lactones) is 2. The minimum Gasteiger partial charge on any atom is -0.459 e. The van der Waals surface area contributed by atoms with Crippen molar-refractivity contribution >= 4 is 23.5 Å². The Balaban J connectivity index is 0.000000371. The van der Waals surface area contributed by atoms with Gasteiger partial charge in [0.15, 0.2) is 25.2 Å². The van der Waals surface area contributed by atoms with E-state index in [1.165, 1.54) is 49.0 Å². The fourth-order valence-corrected chi connectivity index (χ4v) is 17.0. The van der Waals surface area contributed by atoms with Gasteiger partial charge in [-0.2, -0.15) is 0 Å². The van der Waals surface area contributed by atoms with Gasteiger partial charge in [-0.1, -0.05) is 55.4 Å². The maximum absolute atomic E-state index is 14.2. The third-order valence-corrected chi connectivity index (χ3v) is 24.1. The molecule has 0 spiro atoms. The van der Waals surface area contributed by atoms with E-state index in [1.807, 2.05) is 58.8 Å². The largest absolute Gasteiger partial charge is 0.459 e. The van der Waals surface area contributed by atoms with Crippen LogP contribution in [-0.4, -0.2) is 297 Å². The first-order valence-corrected chi connectivity index (χ1v) is 37.4. The van der Waals surface area contributed by atoms with Gasteiger partial charge in [-0.25, -0.2) is 0 Å². The second-order valence-corrected chi connectivity index (χ2v) is 33.1. The van der Waals surface area contributed by atoms with Gasteiger partial charge in [-0.05, 0) is 150 Å². The highest BCUT2D eigenvalue weighted by Gasteiger charge is 2.57. The molecule has 0 amide bonds. The number of ether oxygens (including phenoxy) is 13. The number of rotatable bonds is 15. The van der Waals surface area contributed by atoms with Crippen molar-refractivity contribution in [2.45, 2.75) is 358 Å². The molecule has 602 valence electrons. The van der Waals surface area contributed by atoms with Gasteiger partial charge < -0.3 is 117 Å². The topological polar surface area (TPSA) is 377 Å². The van der Waals surface area contributed by atoms with Crippen LogP contribution in [0.15, 0.2) is 0 Å². The molecule has 36 atom stereocenters. The van der Waals surface area contributed by atoms with Crippen LogP contribution >= 0.6 is 0 Å². The van der Waals surface area contributed by atoms with Crippen LogP contribution < -0.4 is 0 Å². The van der Waals surface area contributed by atoms with Gasteiger partial charge in [0, 0.05) is 81.8 Å². The van der Waals surface area contributed by atoms with Crippen molar-refractivity contribution in [2.24, 2.45) is 47.3 Å². The summed E-state index contributed by atoms with van der Waals surface area (Å²) in [7, 11) is 11.9. The molecule has 0 bridgehead atoms. The van der Waals surface area contributed by atoms with Crippen LogP contribution in [0, 0.1) is 47.3 Å². The molecule has 6 heterocycles. The first-order valence-electron chi connectivity index (χ1n) is 37.4. The average molecular weight is 1480 g/mol. The van der Waals surface area contributed by atoms with Crippen molar-refractivity contribution in [3.05, 3.63) is 0 Å². The van der Waals surface area contributed by atoms with Gasteiger partial charge in [0.1, 0.15) is 59.4 Å². The molecule has 28 heteroatoms. The molecule has 1 unspecified atom stereocenters. The Labute approximate surface area is 613 Å². The normalized spacial score (nSPS) is 49.4. The van der Waals surface area contributed by atoms with Crippen LogP contribution in [0.25, 0.3) is 0 Å². The van der Waals surface area contributed by atoms with Gasteiger partial charge in [0.2, 0.25) is 0 Å². The molecule has 28 nitrogen and oxygen atoms in total. The summed E-state index contributed by atoms with van der Waals surface area (Å²) in [4.78, 5) is 59.8. The molecule has 103 heavy (non-hydrogen) atoms. The number of nitrogens with zero attached hydrogens (tertiary/aromatic N) is 2. The maximum atomic E-state index is 14.2. The molecule has 0 radical (unpaired) electrons. The molecule has 0 aliphatic carbocycles. The summed E-state index contributed by atoms with van der Waals surface area (Å²) in [5.41, 5.74) is -9.08. The number of carbonyl (C=O) groups is 4. The Morgan fingerprint density at radius 1 is 0.437 bits per heavy atom. The zero-order valence-electron chi connectivity index (χ0n) is 66.8. The molecule has 6 rings (SSSR count). The summed E-state index contributed by atoms with van der Waals surface area (Å²) in [5.74, 6) is -9.45. The highest BCUT2D eigenvalue weighted by atomic mass is 16.7. The molecule has 0 saturated carbocycles. The van der Waals surface area contributed by atoms with Crippen molar-refractivity contribution in [1.82, 2.24) is 9.80 Å². The lowest BCUT2D eigenvalue weighted by Crippen LogP contribution is -2.61. The Bertz CT molecular complexity index is 2710. The number of carbonyl (C=O) groups excluding carboxylic acids is 4. The van der Waals surface area contributed by atoms with E-state index in [2.05, 4.69) is 0 Å². The fraction of sp³-hybridized carbons (Fsp3) is 0.947. The Morgan fingerprint density at radius 3 is 1.10 bits per heavy atom. The summed E-state index contributed by atoms with van der Waals surface area (Å²) >= 11 is 0. The van der Waals surface area contributed by atoms with Crippen molar-refractivity contribution < 1.29 is 127 Å². The molecule has 6 fully saturated rings. The van der Waals surface area contributed by atoms with Crippen LogP contribution in [0.2, 0.25) is 0 Å². The van der Waals surface area contributed by atoms with E-state index in [9.17, 15) is 65.1 Å². The van der Waals surface area contributed by atoms with E-state index in [-0.39, 0.29) is 68.6 Å². The molecule has 0 aromatic carbocycles. The summed E-state index contributed by atoms with van der Waals surface area (Å²) in [5, 5.41) is 103. The van der Waals surface area contributed by atoms with Crippen LogP contribution in [0.3, 0.4) is 0 Å².